The predicted octanol–water partition coefficient (Wildman–Crippen LogP) is 1.20. The summed E-state index contributed by atoms with van der Waals surface area (Å²) in [4.78, 5) is 16.0. The van der Waals surface area contributed by atoms with Crippen molar-refractivity contribution in [3.05, 3.63) is 30.6 Å². The van der Waals surface area contributed by atoms with E-state index in [0.717, 1.165) is 17.2 Å². The Hall–Kier alpha value is -2.44. The minimum Gasteiger partial charge on any atom is -0.373 e. The summed E-state index contributed by atoms with van der Waals surface area (Å²) in [5.41, 5.74) is 1.61. The maximum atomic E-state index is 4.48. The number of hydrogen-bond acceptors (Lipinski definition) is 5. The number of nitrogens with zero attached hydrogens (tertiary/aromatic N) is 5. The van der Waals surface area contributed by atoms with E-state index in [0.29, 0.717) is 5.65 Å². The summed E-state index contributed by atoms with van der Waals surface area (Å²) in [5.74, 6) is 1.62. The minimum atomic E-state index is -0.000245. The van der Waals surface area contributed by atoms with E-state index in [-0.39, 0.29) is 6.04 Å². The van der Waals surface area contributed by atoms with Crippen LogP contribution in [0.5, 0.6) is 0 Å². The standard InChI is InChI=1S/C11H13N7/c1-7(18-6-13-5-14-18)10-15-8-3-4-9(12-2)16-11(8)17-10/h3-7H,1-2H3,(H2,12,15,16,17). The van der Waals surface area contributed by atoms with Gasteiger partial charge in [-0.1, -0.05) is 0 Å². The van der Waals surface area contributed by atoms with E-state index >= 15 is 0 Å². The second-order valence-corrected chi connectivity index (χ2v) is 3.99. The molecule has 3 aromatic rings. The first-order valence-corrected chi connectivity index (χ1v) is 5.66. The molecule has 3 heterocycles. The summed E-state index contributed by atoms with van der Waals surface area (Å²) in [5, 5.41) is 7.10. The topological polar surface area (TPSA) is 84.3 Å². The highest BCUT2D eigenvalue weighted by Gasteiger charge is 2.13. The first-order valence-electron chi connectivity index (χ1n) is 5.66. The van der Waals surface area contributed by atoms with Crippen LogP contribution in [0, 0.1) is 0 Å². The Labute approximate surface area is 103 Å². The molecular weight excluding hydrogens is 230 g/mol. The molecule has 7 heteroatoms. The van der Waals surface area contributed by atoms with Gasteiger partial charge in [0.1, 0.15) is 30.3 Å². The first kappa shape index (κ1) is 10.7. The molecule has 2 N–H and O–H groups in total. The molecule has 0 radical (unpaired) electrons. The summed E-state index contributed by atoms with van der Waals surface area (Å²) in [6.45, 7) is 2.01. The molecule has 0 aliphatic heterocycles. The largest absolute Gasteiger partial charge is 0.373 e. The molecule has 1 unspecified atom stereocenters. The van der Waals surface area contributed by atoms with Gasteiger partial charge in [-0.25, -0.2) is 19.6 Å². The molecule has 3 rings (SSSR count). The summed E-state index contributed by atoms with van der Waals surface area (Å²) >= 11 is 0. The zero-order valence-corrected chi connectivity index (χ0v) is 10.1. The maximum absolute atomic E-state index is 4.48. The van der Waals surface area contributed by atoms with E-state index in [4.69, 9.17) is 0 Å². The lowest BCUT2D eigenvalue weighted by Gasteiger charge is -2.06. The molecule has 92 valence electrons. The van der Waals surface area contributed by atoms with Gasteiger partial charge in [-0.05, 0) is 19.1 Å². The third kappa shape index (κ3) is 1.69. The van der Waals surface area contributed by atoms with Crippen molar-refractivity contribution in [2.45, 2.75) is 13.0 Å². The number of anilines is 1. The van der Waals surface area contributed by atoms with E-state index in [1.54, 1.807) is 11.0 Å². The Balaban J connectivity index is 2.03. The van der Waals surface area contributed by atoms with Crippen LogP contribution in [0.3, 0.4) is 0 Å². The van der Waals surface area contributed by atoms with E-state index < -0.39 is 0 Å². The highest BCUT2D eigenvalue weighted by atomic mass is 15.3. The molecule has 7 nitrogen and oxygen atoms in total. The zero-order chi connectivity index (χ0) is 12.5. The van der Waals surface area contributed by atoms with Crippen molar-refractivity contribution >= 4 is 17.0 Å². The van der Waals surface area contributed by atoms with E-state index in [1.165, 1.54) is 6.33 Å². The van der Waals surface area contributed by atoms with Crippen LogP contribution in [0.2, 0.25) is 0 Å². The van der Waals surface area contributed by atoms with Crippen LogP contribution < -0.4 is 5.32 Å². The number of fused-ring (bicyclic) bond motifs is 1. The number of pyridine rings is 1. The van der Waals surface area contributed by atoms with Gasteiger partial charge in [0, 0.05) is 7.05 Å². The fourth-order valence-corrected chi connectivity index (χ4v) is 1.79. The van der Waals surface area contributed by atoms with Crippen molar-refractivity contribution in [1.82, 2.24) is 29.7 Å². The van der Waals surface area contributed by atoms with E-state index in [9.17, 15) is 0 Å². The van der Waals surface area contributed by atoms with Crippen LogP contribution in [0.15, 0.2) is 24.8 Å². The molecule has 1 atom stereocenters. The first-order chi connectivity index (χ1) is 8.78. The lowest BCUT2D eigenvalue weighted by Crippen LogP contribution is -2.08. The van der Waals surface area contributed by atoms with Crippen molar-refractivity contribution < 1.29 is 0 Å². The molecular formula is C11H13N7. The van der Waals surface area contributed by atoms with Crippen molar-refractivity contribution in [3.8, 4) is 0 Å². The smallest absolute Gasteiger partial charge is 0.179 e. The number of aromatic amines is 1. The van der Waals surface area contributed by atoms with Crippen molar-refractivity contribution in [2.75, 3.05) is 12.4 Å². The fourth-order valence-electron chi connectivity index (χ4n) is 1.79. The SMILES string of the molecule is CNc1ccc2[nH]c(C(C)n3cncn3)nc2n1. The molecule has 0 saturated carbocycles. The molecule has 0 aliphatic rings. The molecule has 0 amide bonds. The number of H-pyrrole nitrogens is 1. The van der Waals surface area contributed by atoms with Crippen molar-refractivity contribution in [3.63, 3.8) is 0 Å². The summed E-state index contributed by atoms with van der Waals surface area (Å²) in [6.07, 6.45) is 3.18. The lowest BCUT2D eigenvalue weighted by atomic mass is 10.3. The molecule has 0 saturated heterocycles. The molecule has 3 aromatic heterocycles. The summed E-state index contributed by atoms with van der Waals surface area (Å²) < 4.78 is 1.75. The highest BCUT2D eigenvalue weighted by Crippen LogP contribution is 2.18. The van der Waals surface area contributed by atoms with E-state index in [1.807, 2.05) is 26.1 Å². The summed E-state index contributed by atoms with van der Waals surface area (Å²) in [6, 6.07) is 3.86. The predicted molar refractivity (Wildman–Crippen MR) is 67.3 cm³/mol. The monoisotopic (exact) mass is 243 g/mol. The van der Waals surface area contributed by atoms with E-state index in [2.05, 4.69) is 30.4 Å². The van der Waals surface area contributed by atoms with Gasteiger partial charge in [-0.15, -0.1) is 0 Å². The fraction of sp³-hybridized carbons (Fsp3) is 0.273. The Bertz CT molecular complexity index is 655. The average Bonchev–Trinajstić information content (AvgIpc) is 3.05. The second kappa shape index (κ2) is 4.10. The molecule has 0 spiro atoms. The molecule has 0 fully saturated rings. The van der Waals surface area contributed by atoms with Crippen LogP contribution in [0.4, 0.5) is 5.82 Å². The van der Waals surface area contributed by atoms with Crippen molar-refractivity contribution in [2.24, 2.45) is 0 Å². The van der Waals surface area contributed by atoms with Crippen LogP contribution >= 0.6 is 0 Å². The maximum Gasteiger partial charge on any atom is 0.179 e. The second-order valence-electron chi connectivity index (χ2n) is 3.99. The van der Waals surface area contributed by atoms with Gasteiger partial charge >= 0.3 is 0 Å². The third-order valence-corrected chi connectivity index (χ3v) is 2.85. The van der Waals surface area contributed by atoms with Gasteiger partial charge in [-0.3, -0.25) is 0 Å². The van der Waals surface area contributed by atoms with Gasteiger partial charge in [0.05, 0.1) is 5.52 Å². The van der Waals surface area contributed by atoms with Crippen LogP contribution in [-0.2, 0) is 0 Å². The average molecular weight is 243 g/mol. The Morgan fingerprint density at radius 1 is 1.33 bits per heavy atom. The zero-order valence-electron chi connectivity index (χ0n) is 10.1. The number of rotatable bonds is 3. The minimum absolute atomic E-state index is 0.000245. The number of hydrogen-bond donors (Lipinski definition) is 2. The summed E-state index contributed by atoms with van der Waals surface area (Å²) in [7, 11) is 1.83. The van der Waals surface area contributed by atoms with Gasteiger partial charge < -0.3 is 10.3 Å². The number of nitrogens with one attached hydrogen (secondary N) is 2. The molecule has 18 heavy (non-hydrogen) atoms. The lowest BCUT2D eigenvalue weighted by molar-refractivity contribution is 0.540. The highest BCUT2D eigenvalue weighted by molar-refractivity contribution is 5.72. The molecule has 0 aliphatic carbocycles. The van der Waals surface area contributed by atoms with Gasteiger partial charge in [0.2, 0.25) is 0 Å². The normalized spacial score (nSPS) is 12.8. The third-order valence-electron chi connectivity index (χ3n) is 2.85. The van der Waals surface area contributed by atoms with Crippen LogP contribution in [0.25, 0.3) is 11.2 Å². The molecule has 0 bridgehead atoms. The Kier molecular flexibility index (Phi) is 2.44. The van der Waals surface area contributed by atoms with Crippen LogP contribution in [-0.4, -0.2) is 36.8 Å². The Morgan fingerprint density at radius 2 is 2.22 bits per heavy atom. The number of aromatic nitrogens is 6. The van der Waals surface area contributed by atoms with Crippen molar-refractivity contribution in [1.29, 1.82) is 0 Å². The number of imidazole rings is 1. The van der Waals surface area contributed by atoms with Gasteiger partial charge in [-0.2, -0.15) is 5.10 Å². The Morgan fingerprint density at radius 3 is 2.94 bits per heavy atom. The van der Waals surface area contributed by atoms with Gasteiger partial charge in [0.25, 0.3) is 0 Å². The quantitative estimate of drug-likeness (QED) is 0.722. The molecule has 0 aromatic carbocycles. The van der Waals surface area contributed by atoms with Gasteiger partial charge in [0.15, 0.2) is 5.65 Å². The van der Waals surface area contributed by atoms with Crippen LogP contribution in [0.1, 0.15) is 18.8 Å².